The zero-order chi connectivity index (χ0) is 19.4. The highest BCUT2D eigenvalue weighted by atomic mass is 16.2. The summed E-state index contributed by atoms with van der Waals surface area (Å²) in [5.74, 6) is -0.0739. The van der Waals surface area contributed by atoms with Crippen molar-refractivity contribution < 1.29 is 9.59 Å². The number of rotatable bonds is 6. The Kier molecular flexibility index (Phi) is 5.91. The maximum atomic E-state index is 12.6. The van der Waals surface area contributed by atoms with E-state index in [4.69, 9.17) is 0 Å². The molecule has 0 unspecified atom stereocenters. The monoisotopic (exact) mass is 369 g/mol. The molecule has 0 saturated carbocycles. The van der Waals surface area contributed by atoms with E-state index in [-0.39, 0.29) is 23.9 Å². The molecular formula is C20H27N5O2. The fraction of sp³-hybridized carbons (Fsp3) is 0.450. The second-order valence-corrected chi connectivity index (χ2v) is 7.04. The summed E-state index contributed by atoms with van der Waals surface area (Å²) in [6, 6.07) is 12.1. The smallest absolute Gasteiger partial charge is 0.269 e. The van der Waals surface area contributed by atoms with Crippen LogP contribution in [0.2, 0.25) is 0 Å². The van der Waals surface area contributed by atoms with E-state index in [0.717, 1.165) is 24.1 Å². The van der Waals surface area contributed by atoms with Crippen LogP contribution >= 0.6 is 0 Å². The molecule has 0 spiro atoms. The Labute approximate surface area is 159 Å². The molecule has 2 atom stereocenters. The van der Waals surface area contributed by atoms with E-state index < -0.39 is 0 Å². The molecule has 2 heterocycles. The average Bonchev–Trinajstić information content (AvgIpc) is 3.24. The van der Waals surface area contributed by atoms with Crippen LogP contribution in [0.3, 0.4) is 0 Å². The maximum Gasteiger partial charge on any atom is 0.269 e. The van der Waals surface area contributed by atoms with Crippen LogP contribution in [0.15, 0.2) is 36.4 Å². The number of likely N-dealkylation sites (tertiary alicyclic amines) is 1. The number of benzene rings is 1. The fourth-order valence-electron chi connectivity index (χ4n) is 3.63. The van der Waals surface area contributed by atoms with E-state index in [1.807, 2.05) is 43.4 Å². The SMILES string of the molecule is CNC(=O)C[C@H]1CC[C@@H](CNC(=O)c2cc(-c3ccccc3)nn2C)N1C. The molecule has 3 rings (SSSR count). The number of aryl methyl sites for hydroxylation is 1. The van der Waals surface area contributed by atoms with Gasteiger partial charge in [0.15, 0.2) is 0 Å². The van der Waals surface area contributed by atoms with Crippen molar-refractivity contribution in [2.45, 2.75) is 31.3 Å². The lowest BCUT2D eigenvalue weighted by Crippen LogP contribution is -2.42. The summed E-state index contributed by atoms with van der Waals surface area (Å²) < 4.78 is 1.62. The zero-order valence-electron chi connectivity index (χ0n) is 16.1. The van der Waals surface area contributed by atoms with Crippen LogP contribution < -0.4 is 10.6 Å². The van der Waals surface area contributed by atoms with Crippen molar-refractivity contribution in [1.82, 2.24) is 25.3 Å². The van der Waals surface area contributed by atoms with Gasteiger partial charge >= 0.3 is 0 Å². The first-order valence-electron chi connectivity index (χ1n) is 9.29. The lowest BCUT2D eigenvalue weighted by Gasteiger charge is -2.25. The van der Waals surface area contributed by atoms with Crippen molar-refractivity contribution >= 4 is 11.8 Å². The summed E-state index contributed by atoms with van der Waals surface area (Å²) in [6.07, 6.45) is 2.44. The molecule has 2 N–H and O–H groups in total. The molecule has 2 aromatic rings. The predicted octanol–water partition coefficient (Wildman–Crippen LogP) is 1.42. The van der Waals surface area contributed by atoms with Gasteiger partial charge in [-0.2, -0.15) is 5.10 Å². The molecule has 7 nitrogen and oxygen atoms in total. The van der Waals surface area contributed by atoms with Gasteiger partial charge in [-0.3, -0.25) is 19.2 Å². The number of nitrogens with one attached hydrogen (secondary N) is 2. The van der Waals surface area contributed by atoms with Crippen molar-refractivity contribution in [2.75, 3.05) is 20.6 Å². The van der Waals surface area contributed by atoms with E-state index >= 15 is 0 Å². The van der Waals surface area contributed by atoms with Gasteiger partial charge < -0.3 is 10.6 Å². The van der Waals surface area contributed by atoms with Gasteiger partial charge in [-0.25, -0.2) is 0 Å². The number of aromatic nitrogens is 2. The van der Waals surface area contributed by atoms with Crippen molar-refractivity contribution in [2.24, 2.45) is 7.05 Å². The fourth-order valence-corrected chi connectivity index (χ4v) is 3.63. The Morgan fingerprint density at radius 1 is 1.15 bits per heavy atom. The third-order valence-electron chi connectivity index (χ3n) is 5.37. The van der Waals surface area contributed by atoms with Crippen molar-refractivity contribution in [3.8, 4) is 11.3 Å². The summed E-state index contributed by atoms with van der Waals surface area (Å²) in [7, 11) is 5.46. The minimum atomic E-state index is -0.129. The largest absolute Gasteiger partial charge is 0.359 e. The number of hydrogen-bond acceptors (Lipinski definition) is 4. The maximum absolute atomic E-state index is 12.6. The third-order valence-corrected chi connectivity index (χ3v) is 5.37. The standard InChI is InChI=1S/C20H27N5O2/c1-21-19(26)11-15-9-10-16(24(15)2)13-22-20(27)18-12-17(23-25(18)3)14-7-5-4-6-8-14/h4-8,12,15-16H,9-11,13H2,1-3H3,(H,21,26)(H,22,27)/t15-,16+/m1/s1. The number of nitrogens with zero attached hydrogens (tertiary/aromatic N) is 3. The Morgan fingerprint density at radius 3 is 2.56 bits per heavy atom. The topological polar surface area (TPSA) is 79.3 Å². The van der Waals surface area contributed by atoms with Crippen molar-refractivity contribution in [1.29, 1.82) is 0 Å². The van der Waals surface area contributed by atoms with E-state index in [9.17, 15) is 9.59 Å². The van der Waals surface area contributed by atoms with Crippen LogP contribution in [-0.4, -0.2) is 59.2 Å². The molecule has 0 aliphatic carbocycles. The number of carbonyl (C=O) groups is 2. The molecule has 144 valence electrons. The Morgan fingerprint density at radius 2 is 1.85 bits per heavy atom. The van der Waals surface area contributed by atoms with Crippen molar-refractivity contribution in [3.63, 3.8) is 0 Å². The lowest BCUT2D eigenvalue weighted by atomic mass is 10.1. The van der Waals surface area contributed by atoms with Crippen molar-refractivity contribution in [3.05, 3.63) is 42.1 Å². The van der Waals surface area contributed by atoms with Gasteiger partial charge in [0.25, 0.3) is 5.91 Å². The second-order valence-electron chi connectivity index (χ2n) is 7.04. The summed E-state index contributed by atoms with van der Waals surface area (Å²) in [4.78, 5) is 26.4. The molecule has 1 saturated heterocycles. The normalized spacial score (nSPS) is 19.8. The zero-order valence-corrected chi connectivity index (χ0v) is 16.1. The van der Waals surface area contributed by atoms with Crippen LogP contribution in [0, 0.1) is 0 Å². The Balaban J connectivity index is 1.59. The van der Waals surface area contributed by atoms with Gasteiger partial charge in [-0.1, -0.05) is 30.3 Å². The molecule has 0 bridgehead atoms. The average molecular weight is 369 g/mol. The summed E-state index contributed by atoms with van der Waals surface area (Å²) in [5, 5.41) is 10.2. The van der Waals surface area contributed by atoms with Gasteiger partial charge in [0, 0.05) is 44.7 Å². The van der Waals surface area contributed by atoms with Crippen LogP contribution in [0.1, 0.15) is 29.8 Å². The first kappa shape index (κ1) is 19.1. The van der Waals surface area contributed by atoms with E-state index in [2.05, 4.69) is 20.6 Å². The number of likely N-dealkylation sites (N-methyl/N-ethyl adjacent to an activating group) is 1. The van der Waals surface area contributed by atoms with Crippen LogP contribution in [0.5, 0.6) is 0 Å². The Hall–Kier alpha value is -2.67. The number of amides is 2. The molecule has 1 aliphatic heterocycles. The van der Waals surface area contributed by atoms with Gasteiger partial charge in [0.2, 0.25) is 5.91 Å². The van der Waals surface area contributed by atoms with E-state index in [1.54, 1.807) is 18.8 Å². The summed E-state index contributed by atoms with van der Waals surface area (Å²) >= 11 is 0. The second kappa shape index (κ2) is 8.35. The summed E-state index contributed by atoms with van der Waals surface area (Å²) in [6.45, 7) is 0.561. The quantitative estimate of drug-likeness (QED) is 0.807. The first-order valence-corrected chi connectivity index (χ1v) is 9.29. The minimum absolute atomic E-state index is 0.0554. The highest BCUT2D eigenvalue weighted by Crippen LogP contribution is 2.24. The van der Waals surface area contributed by atoms with E-state index in [1.165, 1.54) is 0 Å². The first-order chi connectivity index (χ1) is 13.0. The highest BCUT2D eigenvalue weighted by molar-refractivity contribution is 5.93. The minimum Gasteiger partial charge on any atom is -0.359 e. The summed E-state index contributed by atoms with van der Waals surface area (Å²) in [5.41, 5.74) is 2.31. The molecule has 2 amide bonds. The number of hydrogen-bond donors (Lipinski definition) is 2. The van der Waals surface area contributed by atoms with Crippen LogP contribution in [-0.2, 0) is 11.8 Å². The molecule has 1 fully saturated rings. The molecule has 27 heavy (non-hydrogen) atoms. The van der Waals surface area contributed by atoms with Crippen LogP contribution in [0.25, 0.3) is 11.3 Å². The molecule has 0 radical (unpaired) electrons. The van der Waals surface area contributed by atoms with Gasteiger partial charge in [-0.05, 0) is 26.0 Å². The van der Waals surface area contributed by atoms with Gasteiger partial charge in [0.05, 0.1) is 5.69 Å². The highest BCUT2D eigenvalue weighted by Gasteiger charge is 2.31. The molecular weight excluding hydrogens is 342 g/mol. The molecule has 1 aliphatic rings. The van der Waals surface area contributed by atoms with E-state index in [0.29, 0.717) is 18.7 Å². The molecule has 7 heteroatoms. The molecule has 1 aromatic heterocycles. The van der Waals surface area contributed by atoms with Gasteiger partial charge in [0.1, 0.15) is 5.69 Å². The predicted molar refractivity (Wildman–Crippen MR) is 104 cm³/mol. The molecule has 1 aromatic carbocycles. The number of carbonyl (C=O) groups excluding carboxylic acids is 2. The van der Waals surface area contributed by atoms with Gasteiger partial charge in [-0.15, -0.1) is 0 Å². The van der Waals surface area contributed by atoms with Crippen LogP contribution in [0.4, 0.5) is 0 Å². The lowest BCUT2D eigenvalue weighted by molar-refractivity contribution is -0.121. The Bertz CT molecular complexity index is 802. The third kappa shape index (κ3) is 4.36.